The number of rotatable bonds is 3. The maximum atomic E-state index is 2.31. The molecule has 0 atom stereocenters. The van der Waals surface area contributed by atoms with Crippen molar-refractivity contribution in [3.8, 4) is 0 Å². The molecule has 0 aliphatic rings. The van der Waals surface area contributed by atoms with Gasteiger partial charge in [-0.15, -0.1) is 0 Å². The minimum absolute atomic E-state index is 0. The molecule has 0 bridgehead atoms. The summed E-state index contributed by atoms with van der Waals surface area (Å²) < 4.78 is 0. The van der Waals surface area contributed by atoms with E-state index in [1.165, 1.54) is 15.6 Å². The average Bonchev–Trinajstić information content (AvgIpc) is 2.71. The molecule has 0 spiro atoms. The van der Waals surface area contributed by atoms with Crippen molar-refractivity contribution in [3.63, 3.8) is 0 Å². The van der Waals surface area contributed by atoms with Crippen molar-refractivity contribution in [2.75, 3.05) is 0 Å². The first-order valence-electron chi connectivity index (χ1n) is 9.48. The molecule has 0 fully saturated rings. The zero-order valence-corrected chi connectivity index (χ0v) is 23.2. The van der Waals surface area contributed by atoms with Crippen molar-refractivity contribution in [3.05, 3.63) is 91.0 Å². The van der Waals surface area contributed by atoms with Crippen LogP contribution in [-0.4, -0.2) is 45.3 Å². The third-order valence-electron chi connectivity index (χ3n) is 4.05. The fourth-order valence-corrected chi connectivity index (χ4v) is 4.89. The molecule has 0 unspecified atom stereocenters. The molecule has 3 aromatic rings. The molecule has 0 N–H and O–H groups in total. The minimum atomic E-state index is -0.212. The smallest absolute Gasteiger partial charge is 0.0671 e. The van der Waals surface area contributed by atoms with Crippen LogP contribution in [0, 0.1) is 0 Å². The second-order valence-electron chi connectivity index (χ2n) is 7.10. The van der Waals surface area contributed by atoms with Gasteiger partial charge in [0.25, 0.3) is 0 Å². The molecule has 0 aliphatic heterocycles. The van der Waals surface area contributed by atoms with Gasteiger partial charge >= 0.3 is 0 Å². The van der Waals surface area contributed by atoms with E-state index in [2.05, 4.69) is 130 Å². The maximum Gasteiger partial charge on any atom is 0.0791 e. The maximum absolute atomic E-state index is 2.31. The van der Waals surface area contributed by atoms with Crippen LogP contribution >= 0.6 is 0 Å². The van der Waals surface area contributed by atoms with Gasteiger partial charge in [0.05, 0.1) is 26.4 Å². The summed E-state index contributed by atoms with van der Waals surface area (Å²) in [6.07, 6.45) is 0. The number of benzene rings is 3. The molecule has 3 rings (SSSR count). The summed E-state index contributed by atoms with van der Waals surface area (Å²) in [5.74, 6) is 0. The van der Waals surface area contributed by atoms with E-state index in [-0.39, 0.29) is 62.3 Å². The van der Waals surface area contributed by atoms with Crippen molar-refractivity contribution in [2.45, 2.75) is 39.3 Å². The fourth-order valence-electron chi connectivity index (χ4n) is 2.31. The van der Waals surface area contributed by atoms with Crippen LogP contribution in [0.4, 0.5) is 0 Å². The molecular weight excluding hydrogens is 434 g/mol. The zero-order valence-electron chi connectivity index (χ0n) is 19.0. The first kappa shape index (κ1) is 30.6. The quantitative estimate of drug-likeness (QED) is 0.496. The third-order valence-corrected chi connectivity index (χ3v) is 8.52. The van der Waals surface area contributed by atoms with Crippen LogP contribution in [0.1, 0.15) is 0 Å². The number of hydrogen-bond donors (Lipinski definition) is 0. The van der Waals surface area contributed by atoms with Crippen molar-refractivity contribution in [2.24, 2.45) is 0 Å². The van der Waals surface area contributed by atoms with E-state index in [0.29, 0.717) is 0 Å². The molecule has 29 heavy (non-hydrogen) atoms. The summed E-state index contributed by atoms with van der Waals surface area (Å²) in [6.45, 7) is 13.8. The zero-order chi connectivity index (χ0) is 20.1. The van der Waals surface area contributed by atoms with E-state index in [1.54, 1.807) is 0 Å². The molecule has 5 radical (unpaired) electrons. The summed E-state index contributed by atoms with van der Waals surface area (Å²) >= 11 is 0. The van der Waals surface area contributed by atoms with E-state index in [9.17, 15) is 0 Å². The molecule has 149 valence electrons. The second-order valence-corrected chi connectivity index (χ2v) is 14.8. The first-order chi connectivity index (χ1) is 12.9. The van der Waals surface area contributed by atoms with Crippen molar-refractivity contribution < 1.29 is 17.1 Å². The molecule has 0 saturated carbocycles. The van der Waals surface area contributed by atoms with Gasteiger partial charge in [0.2, 0.25) is 0 Å². The van der Waals surface area contributed by atoms with Crippen LogP contribution in [0.5, 0.6) is 0 Å². The predicted octanol–water partition coefficient (Wildman–Crippen LogP) is 4.56. The van der Waals surface area contributed by atoms with Crippen LogP contribution in [0.25, 0.3) is 0 Å². The average molecular weight is 468 g/mol. The summed E-state index contributed by atoms with van der Waals surface area (Å²) in [7, 11) is -0.637. The van der Waals surface area contributed by atoms with Crippen LogP contribution in [0.2, 0.25) is 39.3 Å². The fraction of sp³-hybridized carbons (Fsp3) is 0.250. The van der Waals surface area contributed by atoms with Gasteiger partial charge in [-0.2, -0.15) is 0 Å². The Hall–Kier alpha value is -0.572. The summed E-state index contributed by atoms with van der Waals surface area (Å²) in [4.78, 5) is 0. The molecule has 3 aromatic carbocycles. The summed E-state index contributed by atoms with van der Waals surface area (Å²) in [5, 5.41) is 4.55. The van der Waals surface area contributed by atoms with E-state index in [4.69, 9.17) is 0 Å². The molecule has 5 heteroatoms. The number of hydrogen-bond acceptors (Lipinski definition) is 0. The van der Waals surface area contributed by atoms with Crippen molar-refractivity contribution in [1.29, 1.82) is 0 Å². The molecule has 0 saturated heterocycles. The Labute approximate surface area is 207 Å². The van der Waals surface area contributed by atoms with Crippen LogP contribution < -0.4 is 15.6 Å². The molecule has 0 amide bonds. The van der Waals surface area contributed by atoms with Gasteiger partial charge in [-0.25, -0.2) is 0 Å². The van der Waals surface area contributed by atoms with E-state index in [1.807, 2.05) is 0 Å². The Kier molecular flexibility index (Phi) is 19.2. The minimum Gasteiger partial charge on any atom is -0.0671 e. The third kappa shape index (κ3) is 14.1. The van der Waals surface area contributed by atoms with Crippen LogP contribution in [0.3, 0.4) is 0 Å². The van der Waals surface area contributed by atoms with Crippen LogP contribution in [-0.2, 0) is 17.1 Å². The SMILES string of the molecule is C[Si](C)c1ccccc1.C[Si](C)c1ccccc1.C[Si](C)c1ccccc1.[Li].[Mn]. The Morgan fingerprint density at radius 3 is 0.655 bits per heavy atom. The summed E-state index contributed by atoms with van der Waals surface area (Å²) in [6, 6.07) is 32.0. The molecule has 0 aliphatic carbocycles. The predicted molar refractivity (Wildman–Crippen MR) is 136 cm³/mol. The van der Waals surface area contributed by atoms with E-state index >= 15 is 0 Å². The van der Waals surface area contributed by atoms with Gasteiger partial charge < -0.3 is 0 Å². The molecule has 0 heterocycles. The Balaban J connectivity index is 0. The van der Waals surface area contributed by atoms with Gasteiger partial charge in [-0.05, 0) is 0 Å². The van der Waals surface area contributed by atoms with Crippen LogP contribution in [0.15, 0.2) is 91.0 Å². The van der Waals surface area contributed by atoms with E-state index in [0.717, 1.165) is 0 Å². The molecular formula is C24H33LiMnSi3. The Morgan fingerprint density at radius 2 is 0.552 bits per heavy atom. The van der Waals surface area contributed by atoms with Gasteiger partial charge in [-0.1, -0.05) is 146 Å². The summed E-state index contributed by atoms with van der Waals surface area (Å²) in [5.41, 5.74) is 0. The molecule has 0 aromatic heterocycles. The largest absolute Gasteiger partial charge is 0.0791 e. The van der Waals surface area contributed by atoms with Gasteiger partial charge in [0.1, 0.15) is 0 Å². The second kappa shape index (κ2) is 18.2. The Bertz CT molecular complexity index is 617. The Morgan fingerprint density at radius 1 is 0.379 bits per heavy atom. The van der Waals surface area contributed by atoms with Crippen molar-refractivity contribution >= 4 is 60.8 Å². The van der Waals surface area contributed by atoms with E-state index < -0.39 is 0 Å². The first-order valence-corrected chi connectivity index (χ1v) is 17.0. The normalized spacial score (nSPS) is 9.41. The standard InChI is InChI=1S/3C8H11Si.Li.Mn/c3*1-9(2)8-6-4-3-5-7-8;;/h3*3-7H,1-2H3;;. The van der Waals surface area contributed by atoms with Gasteiger partial charge in [0, 0.05) is 35.9 Å². The monoisotopic (exact) mass is 467 g/mol. The molecule has 0 nitrogen and oxygen atoms in total. The topological polar surface area (TPSA) is 0 Å². The van der Waals surface area contributed by atoms with Crippen molar-refractivity contribution in [1.82, 2.24) is 0 Å². The van der Waals surface area contributed by atoms with Gasteiger partial charge in [0.15, 0.2) is 0 Å². The van der Waals surface area contributed by atoms with Gasteiger partial charge in [-0.3, -0.25) is 0 Å².